The molecule has 92 valence electrons. The van der Waals surface area contributed by atoms with Crippen molar-refractivity contribution in [3.05, 3.63) is 28.5 Å². The summed E-state index contributed by atoms with van der Waals surface area (Å²) in [5, 5.41) is 3.36. The van der Waals surface area contributed by atoms with Gasteiger partial charge < -0.3 is 10.2 Å². The largest absolute Gasteiger partial charge is 0.332 e. The van der Waals surface area contributed by atoms with Crippen LogP contribution in [0.25, 0.3) is 0 Å². The van der Waals surface area contributed by atoms with Crippen molar-refractivity contribution in [2.24, 2.45) is 0 Å². The van der Waals surface area contributed by atoms with E-state index in [1.165, 1.54) is 0 Å². The van der Waals surface area contributed by atoms with Gasteiger partial charge in [0.15, 0.2) is 0 Å². The Morgan fingerprint density at radius 3 is 2.94 bits per heavy atom. The summed E-state index contributed by atoms with van der Waals surface area (Å²) < 4.78 is 0.885. The number of hydrogen-bond acceptors (Lipinski definition) is 3. The molecule has 1 aliphatic heterocycles. The average molecular weight is 298 g/mol. The first-order chi connectivity index (χ1) is 8.09. The highest BCUT2D eigenvalue weighted by Gasteiger charge is 2.29. The first-order valence-electron chi connectivity index (χ1n) is 5.75. The zero-order valence-electron chi connectivity index (χ0n) is 9.98. The number of nitrogens with one attached hydrogen (secondary N) is 1. The second-order valence-corrected chi connectivity index (χ2v) is 5.26. The zero-order valence-corrected chi connectivity index (χ0v) is 11.6. The summed E-state index contributed by atoms with van der Waals surface area (Å²) >= 11 is 3.31. The number of piperazine rings is 1. The lowest BCUT2D eigenvalue weighted by Crippen LogP contribution is -2.57. The number of rotatable bonds is 1. The lowest BCUT2D eigenvalue weighted by molar-refractivity contribution is 0.0597. The van der Waals surface area contributed by atoms with E-state index in [1.807, 2.05) is 11.0 Å². The minimum atomic E-state index is 0.0124. The zero-order chi connectivity index (χ0) is 12.4. The smallest absolute Gasteiger partial charge is 0.272 e. The Morgan fingerprint density at radius 1 is 1.53 bits per heavy atom. The molecular weight excluding hydrogens is 282 g/mol. The van der Waals surface area contributed by atoms with Crippen molar-refractivity contribution < 1.29 is 4.79 Å². The number of nitrogens with zero attached hydrogens (tertiary/aromatic N) is 2. The molecule has 2 rings (SSSR count). The minimum Gasteiger partial charge on any atom is -0.332 e. The molecule has 1 aromatic heterocycles. The number of hydrogen-bond donors (Lipinski definition) is 1. The summed E-state index contributed by atoms with van der Waals surface area (Å²) in [6.07, 6.45) is 1.66. The van der Waals surface area contributed by atoms with Crippen LogP contribution in [-0.4, -0.2) is 41.0 Å². The number of pyridine rings is 1. The second kappa shape index (κ2) is 5.14. The van der Waals surface area contributed by atoms with E-state index in [0.29, 0.717) is 11.7 Å². The summed E-state index contributed by atoms with van der Waals surface area (Å²) in [5.41, 5.74) is 0.508. The van der Waals surface area contributed by atoms with Crippen molar-refractivity contribution >= 4 is 21.8 Å². The number of halogens is 1. The average Bonchev–Trinajstić information content (AvgIpc) is 2.33. The molecule has 2 atom stereocenters. The van der Waals surface area contributed by atoms with Gasteiger partial charge in [-0.1, -0.05) is 0 Å². The van der Waals surface area contributed by atoms with Crippen LogP contribution >= 0.6 is 15.9 Å². The molecule has 2 heterocycles. The lowest BCUT2D eigenvalue weighted by Gasteiger charge is -2.38. The third kappa shape index (κ3) is 2.66. The van der Waals surface area contributed by atoms with Gasteiger partial charge in [-0.15, -0.1) is 0 Å². The molecule has 4 nitrogen and oxygen atoms in total. The standard InChI is InChI=1S/C12H16BrN3O/c1-8-9(2)16(6-5-14-8)12(17)11-4-3-10(13)7-15-11/h3-4,7-9,14H,5-6H2,1-2H3. The molecule has 0 radical (unpaired) electrons. The molecule has 1 aromatic rings. The van der Waals surface area contributed by atoms with Crippen molar-refractivity contribution in [2.45, 2.75) is 25.9 Å². The van der Waals surface area contributed by atoms with Gasteiger partial charge in [-0.2, -0.15) is 0 Å². The normalized spacial score (nSPS) is 24.8. The number of aromatic nitrogens is 1. The van der Waals surface area contributed by atoms with E-state index < -0.39 is 0 Å². The lowest BCUT2D eigenvalue weighted by atomic mass is 10.1. The van der Waals surface area contributed by atoms with Gasteiger partial charge in [0, 0.05) is 35.8 Å². The molecule has 1 N–H and O–H groups in total. The number of carbonyl (C=O) groups is 1. The highest BCUT2D eigenvalue weighted by atomic mass is 79.9. The van der Waals surface area contributed by atoms with Gasteiger partial charge in [0.1, 0.15) is 5.69 Å². The van der Waals surface area contributed by atoms with Crippen LogP contribution in [0, 0.1) is 0 Å². The predicted octanol–water partition coefficient (Wildman–Crippen LogP) is 1.67. The molecule has 5 heteroatoms. The Balaban J connectivity index is 2.16. The minimum absolute atomic E-state index is 0.0124. The Labute approximate surface area is 110 Å². The maximum Gasteiger partial charge on any atom is 0.272 e. The van der Waals surface area contributed by atoms with Crippen LogP contribution in [0.4, 0.5) is 0 Å². The maximum absolute atomic E-state index is 12.3. The van der Waals surface area contributed by atoms with Crippen molar-refractivity contribution in [1.82, 2.24) is 15.2 Å². The van der Waals surface area contributed by atoms with Crippen LogP contribution in [0.2, 0.25) is 0 Å². The molecule has 0 spiro atoms. The Kier molecular flexibility index (Phi) is 3.79. The van der Waals surface area contributed by atoms with Crippen LogP contribution in [-0.2, 0) is 0 Å². The van der Waals surface area contributed by atoms with Gasteiger partial charge >= 0.3 is 0 Å². The predicted molar refractivity (Wildman–Crippen MR) is 69.9 cm³/mol. The van der Waals surface area contributed by atoms with Gasteiger partial charge in [0.05, 0.1) is 0 Å². The molecule has 0 aromatic carbocycles. The quantitative estimate of drug-likeness (QED) is 0.858. The van der Waals surface area contributed by atoms with Crippen molar-refractivity contribution in [3.8, 4) is 0 Å². The van der Waals surface area contributed by atoms with Gasteiger partial charge in [-0.3, -0.25) is 4.79 Å². The molecule has 1 aliphatic rings. The van der Waals surface area contributed by atoms with Crippen molar-refractivity contribution in [3.63, 3.8) is 0 Å². The molecule has 0 saturated carbocycles. The molecule has 0 aliphatic carbocycles. The van der Waals surface area contributed by atoms with E-state index in [1.54, 1.807) is 12.3 Å². The molecule has 1 amide bonds. The first kappa shape index (κ1) is 12.5. The van der Waals surface area contributed by atoms with E-state index in [2.05, 4.69) is 40.1 Å². The molecule has 1 fully saturated rings. The van der Waals surface area contributed by atoms with Crippen LogP contribution in [0.15, 0.2) is 22.8 Å². The van der Waals surface area contributed by atoms with E-state index >= 15 is 0 Å². The molecular formula is C12H16BrN3O. The highest BCUT2D eigenvalue weighted by molar-refractivity contribution is 9.10. The number of carbonyl (C=O) groups excluding carboxylic acids is 1. The highest BCUT2D eigenvalue weighted by Crippen LogP contribution is 2.14. The monoisotopic (exact) mass is 297 g/mol. The molecule has 17 heavy (non-hydrogen) atoms. The maximum atomic E-state index is 12.3. The van der Waals surface area contributed by atoms with E-state index in [0.717, 1.165) is 17.6 Å². The van der Waals surface area contributed by atoms with E-state index in [4.69, 9.17) is 0 Å². The van der Waals surface area contributed by atoms with Crippen molar-refractivity contribution in [2.75, 3.05) is 13.1 Å². The molecule has 1 saturated heterocycles. The first-order valence-corrected chi connectivity index (χ1v) is 6.55. The summed E-state index contributed by atoms with van der Waals surface area (Å²) in [7, 11) is 0. The fourth-order valence-electron chi connectivity index (χ4n) is 1.99. The van der Waals surface area contributed by atoms with E-state index in [9.17, 15) is 4.79 Å². The van der Waals surface area contributed by atoms with Gasteiger partial charge in [0.2, 0.25) is 0 Å². The van der Waals surface area contributed by atoms with Crippen LogP contribution in [0.3, 0.4) is 0 Å². The Morgan fingerprint density at radius 2 is 2.29 bits per heavy atom. The fraction of sp³-hybridized carbons (Fsp3) is 0.500. The van der Waals surface area contributed by atoms with E-state index in [-0.39, 0.29) is 11.9 Å². The SMILES string of the molecule is CC1NCCN(C(=O)c2ccc(Br)cn2)C1C. The second-order valence-electron chi connectivity index (χ2n) is 4.34. The number of amides is 1. The van der Waals surface area contributed by atoms with Gasteiger partial charge in [-0.25, -0.2) is 4.98 Å². The third-order valence-electron chi connectivity index (χ3n) is 3.24. The third-order valence-corrected chi connectivity index (χ3v) is 3.71. The van der Waals surface area contributed by atoms with Gasteiger partial charge in [-0.05, 0) is 41.9 Å². The summed E-state index contributed by atoms with van der Waals surface area (Å²) in [6.45, 7) is 5.74. The summed E-state index contributed by atoms with van der Waals surface area (Å²) in [6, 6.07) is 4.12. The molecule has 0 bridgehead atoms. The summed E-state index contributed by atoms with van der Waals surface area (Å²) in [4.78, 5) is 18.3. The van der Waals surface area contributed by atoms with Crippen LogP contribution in [0.5, 0.6) is 0 Å². The van der Waals surface area contributed by atoms with Gasteiger partial charge in [0.25, 0.3) is 5.91 Å². The Bertz CT molecular complexity index is 407. The topological polar surface area (TPSA) is 45.2 Å². The Hall–Kier alpha value is -0.940. The van der Waals surface area contributed by atoms with Crippen LogP contribution < -0.4 is 5.32 Å². The van der Waals surface area contributed by atoms with Crippen LogP contribution in [0.1, 0.15) is 24.3 Å². The summed E-state index contributed by atoms with van der Waals surface area (Å²) in [5.74, 6) is 0.0124. The molecule has 2 unspecified atom stereocenters. The fourth-order valence-corrected chi connectivity index (χ4v) is 2.23. The van der Waals surface area contributed by atoms with Crippen molar-refractivity contribution in [1.29, 1.82) is 0 Å².